The van der Waals surface area contributed by atoms with Crippen LogP contribution in [0.2, 0.25) is 0 Å². The fourth-order valence-electron chi connectivity index (χ4n) is 3.18. The number of nitrogens with zero attached hydrogens (tertiary/aromatic N) is 4. The van der Waals surface area contributed by atoms with E-state index < -0.39 is 4.92 Å². The molecule has 3 aromatic carbocycles. The van der Waals surface area contributed by atoms with Gasteiger partial charge < -0.3 is 5.32 Å². The molecule has 0 aliphatic heterocycles. The maximum atomic E-state index is 12.5. The number of amides is 1. The van der Waals surface area contributed by atoms with Crippen molar-refractivity contribution in [3.8, 4) is 5.69 Å². The van der Waals surface area contributed by atoms with Crippen LogP contribution >= 0.6 is 0 Å². The second-order valence-corrected chi connectivity index (χ2v) is 6.93. The predicted octanol–water partition coefficient (Wildman–Crippen LogP) is 4.45. The molecule has 4 aromatic rings. The molecule has 0 saturated heterocycles. The molecule has 1 N–H and O–H groups in total. The van der Waals surface area contributed by atoms with Gasteiger partial charge in [-0.3, -0.25) is 14.9 Å². The Hall–Kier alpha value is -4.07. The summed E-state index contributed by atoms with van der Waals surface area (Å²) in [7, 11) is 0. The first-order chi connectivity index (χ1) is 14.4. The van der Waals surface area contributed by atoms with Crippen LogP contribution in [0.4, 0.5) is 11.4 Å². The third-order valence-electron chi connectivity index (χ3n) is 4.87. The zero-order valence-corrected chi connectivity index (χ0v) is 16.5. The van der Waals surface area contributed by atoms with Gasteiger partial charge >= 0.3 is 0 Å². The lowest BCUT2D eigenvalue weighted by Crippen LogP contribution is -2.12. The summed E-state index contributed by atoms with van der Waals surface area (Å²) in [6.45, 7) is 3.70. The standard InChI is InChI=1S/C22H19N5O3/c1-3-15-4-8-18(9-5-15)26-24-19-10-7-17(13-20(19)25-26)23-22(28)16-6-11-21(27(29)30)14(2)12-16/h4-13H,3H2,1-2H3,(H,23,28). The molecule has 0 radical (unpaired) electrons. The molecule has 0 spiro atoms. The van der Waals surface area contributed by atoms with Crippen molar-refractivity contribution in [1.29, 1.82) is 0 Å². The zero-order chi connectivity index (χ0) is 21.3. The minimum atomic E-state index is -0.468. The first kappa shape index (κ1) is 19.3. The van der Waals surface area contributed by atoms with E-state index in [1.165, 1.54) is 23.8 Å². The largest absolute Gasteiger partial charge is 0.322 e. The van der Waals surface area contributed by atoms with Crippen molar-refractivity contribution >= 4 is 28.3 Å². The smallest absolute Gasteiger partial charge is 0.272 e. The van der Waals surface area contributed by atoms with Gasteiger partial charge in [-0.1, -0.05) is 19.1 Å². The van der Waals surface area contributed by atoms with Crippen LogP contribution < -0.4 is 5.32 Å². The molecule has 0 bridgehead atoms. The number of nitro groups is 1. The van der Waals surface area contributed by atoms with Crippen LogP contribution in [0.1, 0.15) is 28.4 Å². The number of rotatable bonds is 5. The topological polar surface area (TPSA) is 103 Å². The molecule has 0 aliphatic rings. The van der Waals surface area contributed by atoms with Crippen molar-refractivity contribution < 1.29 is 9.72 Å². The number of aryl methyl sites for hydroxylation is 2. The Kier molecular flexibility index (Phi) is 4.97. The molecule has 1 heterocycles. The number of carbonyl (C=O) groups is 1. The number of carbonyl (C=O) groups excluding carboxylic acids is 1. The molecule has 8 heteroatoms. The van der Waals surface area contributed by atoms with Gasteiger partial charge in [-0.25, -0.2) is 0 Å². The lowest BCUT2D eigenvalue weighted by atomic mass is 10.1. The van der Waals surface area contributed by atoms with E-state index in [9.17, 15) is 14.9 Å². The monoisotopic (exact) mass is 401 g/mol. The third kappa shape index (κ3) is 3.75. The quantitative estimate of drug-likeness (QED) is 0.393. The van der Waals surface area contributed by atoms with E-state index in [1.54, 1.807) is 29.9 Å². The van der Waals surface area contributed by atoms with Gasteiger partial charge in [0, 0.05) is 22.9 Å². The molecular formula is C22H19N5O3. The summed E-state index contributed by atoms with van der Waals surface area (Å²) in [6, 6.07) is 17.6. The minimum absolute atomic E-state index is 0.0171. The Morgan fingerprint density at radius 2 is 1.77 bits per heavy atom. The average molecular weight is 401 g/mol. The molecule has 30 heavy (non-hydrogen) atoms. The lowest BCUT2D eigenvalue weighted by Gasteiger charge is -2.06. The van der Waals surface area contributed by atoms with Crippen molar-refractivity contribution in [3.05, 3.63) is 87.5 Å². The summed E-state index contributed by atoms with van der Waals surface area (Å²) < 4.78 is 0. The number of fused-ring (bicyclic) bond motifs is 1. The SMILES string of the molecule is CCc1ccc(-n2nc3ccc(NC(=O)c4ccc([N+](=O)[O-])c(C)c4)cc3n2)cc1. The molecule has 1 amide bonds. The summed E-state index contributed by atoms with van der Waals surface area (Å²) in [4.78, 5) is 24.6. The summed E-state index contributed by atoms with van der Waals surface area (Å²) in [5.41, 5.74) is 4.77. The van der Waals surface area contributed by atoms with Crippen LogP contribution in [0.3, 0.4) is 0 Å². The first-order valence-corrected chi connectivity index (χ1v) is 9.47. The number of aromatic nitrogens is 3. The molecule has 4 rings (SSSR count). The van der Waals surface area contributed by atoms with Crippen LogP contribution in [0.15, 0.2) is 60.7 Å². The van der Waals surface area contributed by atoms with Crippen LogP contribution in [-0.4, -0.2) is 25.8 Å². The van der Waals surface area contributed by atoms with E-state index in [0.717, 1.165) is 12.1 Å². The van der Waals surface area contributed by atoms with Gasteiger partial charge in [0.15, 0.2) is 0 Å². The summed E-state index contributed by atoms with van der Waals surface area (Å²) in [5.74, 6) is -0.352. The van der Waals surface area contributed by atoms with Gasteiger partial charge in [-0.15, -0.1) is 10.2 Å². The molecular weight excluding hydrogens is 382 g/mol. The van der Waals surface area contributed by atoms with E-state index >= 15 is 0 Å². The van der Waals surface area contributed by atoms with Crippen molar-refractivity contribution in [3.63, 3.8) is 0 Å². The number of hydrogen-bond donors (Lipinski definition) is 1. The van der Waals surface area contributed by atoms with E-state index in [1.807, 2.05) is 24.3 Å². The Balaban J connectivity index is 1.57. The molecule has 0 atom stereocenters. The second-order valence-electron chi connectivity index (χ2n) is 6.93. The highest BCUT2D eigenvalue weighted by molar-refractivity contribution is 6.05. The summed E-state index contributed by atoms with van der Waals surface area (Å²) in [6.07, 6.45) is 0.964. The normalized spacial score (nSPS) is 10.9. The Morgan fingerprint density at radius 3 is 2.43 bits per heavy atom. The number of hydrogen-bond acceptors (Lipinski definition) is 5. The molecule has 150 valence electrons. The van der Waals surface area contributed by atoms with E-state index in [2.05, 4.69) is 22.4 Å². The van der Waals surface area contributed by atoms with Crippen molar-refractivity contribution in [2.75, 3.05) is 5.32 Å². The van der Waals surface area contributed by atoms with Gasteiger partial charge in [0.2, 0.25) is 0 Å². The molecule has 8 nitrogen and oxygen atoms in total. The molecule has 1 aromatic heterocycles. The maximum absolute atomic E-state index is 12.5. The maximum Gasteiger partial charge on any atom is 0.272 e. The highest BCUT2D eigenvalue weighted by atomic mass is 16.6. The minimum Gasteiger partial charge on any atom is -0.322 e. The Bertz CT molecular complexity index is 1260. The van der Waals surface area contributed by atoms with Gasteiger partial charge in [0.25, 0.3) is 11.6 Å². The number of nitrogens with one attached hydrogen (secondary N) is 1. The number of anilines is 1. The third-order valence-corrected chi connectivity index (χ3v) is 4.87. The van der Waals surface area contributed by atoms with Crippen LogP contribution in [0, 0.1) is 17.0 Å². The molecule has 0 fully saturated rings. The summed E-state index contributed by atoms with van der Waals surface area (Å²) >= 11 is 0. The zero-order valence-electron chi connectivity index (χ0n) is 16.5. The van der Waals surface area contributed by atoms with Gasteiger partial charge in [-0.2, -0.15) is 4.80 Å². The van der Waals surface area contributed by atoms with Gasteiger partial charge in [0.05, 0.1) is 10.6 Å². The fraction of sp³-hybridized carbons (Fsp3) is 0.136. The lowest BCUT2D eigenvalue weighted by molar-refractivity contribution is -0.385. The predicted molar refractivity (Wildman–Crippen MR) is 114 cm³/mol. The Labute approximate surface area is 172 Å². The molecule has 0 saturated carbocycles. The molecule has 0 unspecified atom stereocenters. The number of nitro benzene ring substituents is 1. The van der Waals surface area contributed by atoms with Crippen molar-refractivity contribution in [2.24, 2.45) is 0 Å². The van der Waals surface area contributed by atoms with Crippen LogP contribution in [0.25, 0.3) is 16.7 Å². The van der Waals surface area contributed by atoms with E-state index in [-0.39, 0.29) is 11.6 Å². The number of benzene rings is 3. The van der Waals surface area contributed by atoms with Crippen LogP contribution in [-0.2, 0) is 6.42 Å². The highest BCUT2D eigenvalue weighted by Crippen LogP contribution is 2.21. The van der Waals surface area contributed by atoms with E-state index in [4.69, 9.17) is 0 Å². The van der Waals surface area contributed by atoms with Gasteiger partial charge in [-0.05, 0) is 61.4 Å². The first-order valence-electron chi connectivity index (χ1n) is 9.47. The van der Waals surface area contributed by atoms with Gasteiger partial charge in [0.1, 0.15) is 11.0 Å². The van der Waals surface area contributed by atoms with Crippen molar-refractivity contribution in [1.82, 2.24) is 15.0 Å². The molecule has 0 aliphatic carbocycles. The van der Waals surface area contributed by atoms with Crippen molar-refractivity contribution in [2.45, 2.75) is 20.3 Å². The second kappa shape index (κ2) is 7.75. The van der Waals surface area contributed by atoms with E-state index in [0.29, 0.717) is 27.8 Å². The Morgan fingerprint density at radius 1 is 1.03 bits per heavy atom. The average Bonchev–Trinajstić information content (AvgIpc) is 3.17. The summed E-state index contributed by atoms with van der Waals surface area (Å²) in [5, 5.41) is 22.7. The van der Waals surface area contributed by atoms with Crippen LogP contribution in [0.5, 0.6) is 0 Å². The fourth-order valence-corrected chi connectivity index (χ4v) is 3.18. The highest BCUT2D eigenvalue weighted by Gasteiger charge is 2.14.